The van der Waals surface area contributed by atoms with E-state index in [9.17, 15) is 9.59 Å². The molecular formula is C20H26N2O4. The molecular weight excluding hydrogens is 332 g/mol. The summed E-state index contributed by atoms with van der Waals surface area (Å²) in [7, 11) is 1.66. The SMILES string of the molecule is COCCCNC(=O)[C@@H]1C[C@H]2CC[C@H]1C[C@]21NC(=O)c2ccccc2O1. The van der Waals surface area contributed by atoms with Crippen LogP contribution in [0.3, 0.4) is 0 Å². The first-order chi connectivity index (χ1) is 12.6. The number of benzene rings is 1. The van der Waals surface area contributed by atoms with Crippen LogP contribution in [0, 0.1) is 17.8 Å². The van der Waals surface area contributed by atoms with E-state index in [0.717, 1.165) is 25.7 Å². The molecule has 3 saturated carbocycles. The quantitative estimate of drug-likeness (QED) is 0.791. The van der Waals surface area contributed by atoms with Crippen molar-refractivity contribution in [2.75, 3.05) is 20.3 Å². The predicted molar refractivity (Wildman–Crippen MR) is 95.7 cm³/mol. The third kappa shape index (κ3) is 2.96. The Hall–Kier alpha value is -2.08. The lowest BCUT2D eigenvalue weighted by Gasteiger charge is -2.55. The summed E-state index contributed by atoms with van der Waals surface area (Å²) in [6.07, 6.45) is 4.30. The Kier molecular flexibility index (Phi) is 4.61. The number of hydrogen-bond acceptors (Lipinski definition) is 4. The largest absolute Gasteiger partial charge is 0.467 e. The van der Waals surface area contributed by atoms with Gasteiger partial charge in [-0.15, -0.1) is 0 Å². The van der Waals surface area contributed by atoms with Crippen molar-refractivity contribution in [3.63, 3.8) is 0 Å². The zero-order valence-corrected chi connectivity index (χ0v) is 15.1. The predicted octanol–water partition coefficient (Wildman–Crippen LogP) is 2.09. The van der Waals surface area contributed by atoms with Crippen molar-refractivity contribution in [2.45, 2.75) is 37.8 Å². The first kappa shape index (κ1) is 17.3. The summed E-state index contributed by atoms with van der Waals surface area (Å²) in [5.74, 6) is 1.14. The molecule has 4 atom stereocenters. The summed E-state index contributed by atoms with van der Waals surface area (Å²) in [5.41, 5.74) is -0.0618. The van der Waals surface area contributed by atoms with E-state index in [2.05, 4.69) is 10.6 Å². The smallest absolute Gasteiger partial charge is 0.258 e. The van der Waals surface area contributed by atoms with Crippen LogP contribution in [-0.2, 0) is 9.53 Å². The molecule has 0 aromatic heterocycles. The zero-order chi connectivity index (χ0) is 18.1. The summed E-state index contributed by atoms with van der Waals surface area (Å²) < 4.78 is 11.4. The third-order valence-electron chi connectivity index (χ3n) is 6.13. The van der Waals surface area contributed by atoms with Gasteiger partial charge in [0.25, 0.3) is 5.91 Å². The number of nitrogens with one attached hydrogen (secondary N) is 2. The molecule has 3 aliphatic carbocycles. The van der Waals surface area contributed by atoms with Gasteiger partial charge >= 0.3 is 0 Å². The van der Waals surface area contributed by atoms with Gasteiger partial charge in [-0.05, 0) is 43.7 Å². The summed E-state index contributed by atoms with van der Waals surface area (Å²) >= 11 is 0. The molecule has 6 nitrogen and oxygen atoms in total. The molecule has 3 fully saturated rings. The minimum atomic E-state index is -0.652. The number of rotatable bonds is 5. The van der Waals surface area contributed by atoms with Crippen LogP contribution in [0.1, 0.15) is 42.5 Å². The van der Waals surface area contributed by atoms with Gasteiger partial charge in [0.1, 0.15) is 5.75 Å². The number of carbonyl (C=O) groups is 2. The second-order valence-electron chi connectivity index (χ2n) is 7.66. The fraction of sp³-hybridized carbons (Fsp3) is 0.600. The monoisotopic (exact) mass is 358 g/mol. The number of hydrogen-bond donors (Lipinski definition) is 2. The molecule has 2 amide bonds. The van der Waals surface area contributed by atoms with Gasteiger partial charge in [0.15, 0.2) is 5.72 Å². The van der Waals surface area contributed by atoms with Crippen molar-refractivity contribution in [1.29, 1.82) is 0 Å². The van der Waals surface area contributed by atoms with Gasteiger partial charge in [0, 0.05) is 38.5 Å². The first-order valence-corrected chi connectivity index (χ1v) is 9.50. The van der Waals surface area contributed by atoms with E-state index in [0.29, 0.717) is 30.9 Å². The molecule has 1 aliphatic heterocycles. The highest BCUT2D eigenvalue weighted by atomic mass is 16.5. The lowest BCUT2D eigenvalue weighted by molar-refractivity contribution is -0.146. The normalized spacial score (nSPS) is 31.9. The average molecular weight is 358 g/mol. The summed E-state index contributed by atoms with van der Waals surface area (Å²) in [6, 6.07) is 7.38. The Bertz CT molecular complexity index is 707. The molecule has 2 bridgehead atoms. The maximum atomic E-state index is 12.6. The molecule has 26 heavy (non-hydrogen) atoms. The Morgan fingerprint density at radius 1 is 1.38 bits per heavy atom. The van der Waals surface area contributed by atoms with Crippen molar-refractivity contribution < 1.29 is 19.1 Å². The molecule has 6 heteroatoms. The minimum absolute atomic E-state index is 0.0135. The van der Waals surface area contributed by atoms with Crippen LogP contribution >= 0.6 is 0 Å². The lowest BCUT2D eigenvalue weighted by Crippen LogP contribution is -2.66. The number of para-hydroxylation sites is 1. The molecule has 0 radical (unpaired) electrons. The van der Waals surface area contributed by atoms with Gasteiger partial charge in [-0.25, -0.2) is 0 Å². The summed E-state index contributed by atoms with van der Waals surface area (Å²) in [5, 5.41) is 6.17. The highest BCUT2D eigenvalue weighted by Gasteiger charge is 2.57. The maximum absolute atomic E-state index is 12.6. The first-order valence-electron chi connectivity index (χ1n) is 9.50. The van der Waals surface area contributed by atoms with Crippen LogP contribution < -0.4 is 15.4 Å². The fourth-order valence-corrected chi connectivity index (χ4v) is 4.84. The Labute approximate surface area is 153 Å². The van der Waals surface area contributed by atoms with Crippen molar-refractivity contribution in [1.82, 2.24) is 10.6 Å². The summed E-state index contributed by atoms with van der Waals surface area (Å²) in [6.45, 7) is 1.30. The Morgan fingerprint density at radius 2 is 2.23 bits per heavy atom. The van der Waals surface area contributed by atoms with E-state index in [1.165, 1.54) is 0 Å². The van der Waals surface area contributed by atoms with Gasteiger partial charge in [-0.2, -0.15) is 0 Å². The van der Waals surface area contributed by atoms with Crippen molar-refractivity contribution >= 4 is 11.8 Å². The van der Waals surface area contributed by atoms with Crippen LogP contribution in [0.2, 0.25) is 0 Å². The molecule has 2 N–H and O–H groups in total. The Balaban J connectivity index is 1.46. The molecule has 140 valence electrons. The second kappa shape index (κ2) is 6.91. The molecule has 1 spiro atoms. The van der Waals surface area contributed by atoms with E-state index >= 15 is 0 Å². The van der Waals surface area contributed by atoms with Gasteiger partial charge < -0.3 is 20.1 Å². The molecule has 4 aliphatic rings. The number of fused-ring (bicyclic) bond motifs is 3. The van der Waals surface area contributed by atoms with Crippen molar-refractivity contribution in [3.05, 3.63) is 29.8 Å². The van der Waals surface area contributed by atoms with Crippen molar-refractivity contribution in [3.8, 4) is 5.75 Å². The highest BCUT2D eigenvalue weighted by molar-refractivity contribution is 5.98. The fourth-order valence-electron chi connectivity index (χ4n) is 4.84. The topological polar surface area (TPSA) is 76.7 Å². The molecule has 1 aromatic carbocycles. The van der Waals surface area contributed by atoms with Gasteiger partial charge in [0.05, 0.1) is 5.56 Å². The van der Waals surface area contributed by atoms with Crippen molar-refractivity contribution in [2.24, 2.45) is 17.8 Å². The van der Waals surface area contributed by atoms with Gasteiger partial charge in [-0.3, -0.25) is 9.59 Å². The molecule has 5 rings (SSSR count). The van der Waals surface area contributed by atoms with Crippen LogP contribution in [-0.4, -0.2) is 37.8 Å². The van der Waals surface area contributed by atoms with Crippen LogP contribution in [0.15, 0.2) is 24.3 Å². The second-order valence-corrected chi connectivity index (χ2v) is 7.66. The summed E-state index contributed by atoms with van der Waals surface area (Å²) in [4.78, 5) is 25.2. The third-order valence-corrected chi connectivity index (χ3v) is 6.13. The van der Waals surface area contributed by atoms with E-state index in [1.807, 2.05) is 18.2 Å². The molecule has 0 saturated heterocycles. The highest BCUT2D eigenvalue weighted by Crippen LogP contribution is 2.52. The van der Waals surface area contributed by atoms with E-state index < -0.39 is 5.72 Å². The lowest BCUT2D eigenvalue weighted by atomic mass is 9.60. The number of amides is 2. The Morgan fingerprint density at radius 3 is 3.00 bits per heavy atom. The number of methoxy groups -OCH3 is 1. The van der Waals surface area contributed by atoms with Crippen LogP contribution in [0.5, 0.6) is 5.75 Å². The van der Waals surface area contributed by atoms with E-state index in [-0.39, 0.29) is 29.6 Å². The number of carbonyl (C=O) groups excluding carboxylic acids is 2. The number of ether oxygens (including phenoxy) is 2. The van der Waals surface area contributed by atoms with Gasteiger partial charge in [-0.1, -0.05) is 12.1 Å². The molecule has 1 aromatic rings. The van der Waals surface area contributed by atoms with Crippen LogP contribution in [0.25, 0.3) is 0 Å². The molecule has 0 unspecified atom stereocenters. The van der Waals surface area contributed by atoms with Gasteiger partial charge in [0.2, 0.25) is 5.91 Å². The maximum Gasteiger partial charge on any atom is 0.258 e. The zero-order valence-electron chi connectivity index (χ0n) is 15.1. The van der Waals surface area contributed by atoms with E-state index in [4.69, 9.17) is 9.47 Å². The average Bonchev–Trinajstić information content (AvgIpc) is 2.65. The molecule has 1 heterocycles. The van der Waals surface area contributed by atoms with E-state index in [1.54, 1.807) is 13.2 Å². The van der Waals surface area contributed by atoms with Crippen LogP contribution in [0.4, 0.5) is 0 Å². The standard InChI is InChI=1S/C20H26N2O4/c1-25-10-4-9-21-18(23)16-11-14-8-7-13(16)12-20(14)22-19(24)15-5-2-3-6-17(15)26-20/h2-3,5-6,13-14,16H,4,7-12H2,1H3,(H,21,23)(H,22,24)/t13-,14+,16+,20+/m0/s1. The minimum Gasteiger partial charge on any atom is -0.467 e.